The van der Waals surface area contributed by atoms with Crippen LogP contribution in [0.5, 0.6) is 0 Å². The summed E-state index contributed by atoms with van der Waals surface area (Å²) in [6, 6.07) is 13.6. The number of nitrogens with one attached hydrogen (secondary N) is 1. The number of halogens is 3. The lowest BCUT2D eigenvalue weighted by Gasteiger charge is -2.18. The van der Waals surface area contributed by atoms with Gasteiger partial charge in [0.1, 0.15) is 5.70 Å². The van der Waals surface area contributed by atoms with Crippen LogP contribution >= 0.6 is 11.6 Å². The van der Waals surface area contributed by atoms with Crippen molar-refractivity contribution in [1.82, 2.24) is 0 Å². The third kappa shape index (κ3) is 3.78. The maximum Gasteiger partial charge on any atom is 0.282 e. The van der Waals surface area contributed by atoms with Crippen LogP contribution in [0.25, 0.3) is 5.57 Å². The number of hydrogen-bond acceptors (Lipinski definition) is 3. The van der Waals surface area contributed by atoms with Crippen molar-refractivity contribution in [2.24, 2.45) is 0 Å². The minimum Gasteiger partial charge on any atom is -0.350 e. The van der Waals surface area contributed by atoms with Crippen molar-refractivity contribution in [3.63, 3.8) is 0 Å². The summed E-state index contributed by atoms with van der Waals surface area (Å²) in [5.74, 6) is -3.22. The molecule has 7 heteroatoms. The molecule has 1 heterocycles. The average molecular weight is 453 g/mol. The number of carbonyl (C=O) groups excluding carboxylic acids is 2. The molecule has 0 aromatic heterocycles. The number of rotatable bonds is 4. The van der Waals surface area contributed by atoms with Crippen LogP contribution < -0.4 is 10.2 Å². The first-order valence-corrected chi connectivity index (χ1v) is 10.2. The van der Waals surface area contributed by atoms with Gasteiger partial charge in [-0.2, -0.15) is 0 Å². The molecule has 3 aromatic carbocycles. The van der Waals surface area contributed by atoms with E-state index in [0.29, 0.717) is 21.8 Å². The molecule has 1 N–H and O–H groups in total. The van der Waals surface area contributed by atoms with E-state index in [4.69, 9.17) is 11.6 Å². The fourth-order valence-corrected chi connectivity index (χ4v) is 3.92. The molecule has 32 heavy (non-hydrogen) atoms. The summed E-state index contributed by atoms with van der Waals surface area (Å²) in [6.45, 7) is 5.54. The molecule has 0 saturated heterocycles. The van der Waals surface area contributed by atoms with Crippen LogP contribution in [-0.2, 0) is 9.59 Å². The van der Waals surface area contributed by atoms with Gasteiger partial charge in [-0.3, -0.25) is 9.59 Å². The molecular formula is C25H19ClF2N2O2. The zero-order valence-corrected chi connectivity index (χ0v) is 18.3. The first-order valence-electron chi connectivity index (χ1n) is 9.86. The molecule has 3 aromatic rings. The summed E-state index contributed by atoms with van der Waals surface area (Å²) in [5, 5.41) is 3.22. The number of benzene rings is 3. The highest BCUT2D eigenvalue weighted by molar-refractivity contribution is 6.46. The second-order valence-electron chi connectivity index (χ2n) is 7.70. The van der Waals surface area contributed by atoms with Gasteiger partial charge >= 0.3 is 0 Å². The normalized spacial score (nSPS) is 13.9. The van der Waals surface area contributed by atoms with E-state index in [1.807, 2.05) is 26.0 Å². The van der Waals surface area contributed by atoms with Gasteiger partial charge in [-0.05, 0) is 61.7 Å². The molecule has 0 unspecified atom stereocenters. The Kier molecular flexibility index (Phi) is 5.57. The highest BCUT2D eigenvalue weighted by Crippen LogP contribution is 2.37. The standard InChI is InChI=1S/C25H19ClF2N2O2/c1-13-4-8-18(15(3)10-13)22-23(29-17-7-9-19(27)20(28)12-17)25(32)30(24(22)31)21-11-16(26)6-5-14(21)2/h4-12,29H,1-3H3. The topological polar surface area (TPSA) is 49.4 Å². The first kappa shape index (κ1) is 21.7. The molecule has 1 aliphatic heterocycles. The molecule has 0 aliphatic carbocycles. The zero-order chi connectivity index (χ0) is 23.2. The van der Waals surface area contributed by atoms with Crippen molar-refractivity contribution in [2.45, 2.75) is 20.8 Å². The molecule has 0 saturated carbocycles. The first-order chi connectivity index (χ1) is 15.2. The van der Waals surface area contributed by atoms with Crippen LogP contribution in [0.2, 0.25) is 5.02 Å². The van der Waals surface area contributed by atoms with Gasteiger partial charge in [-0.25, -0.2) is 13.7 Å². The van der Waals surface area contributed by atoms with E-state index in [-0.39, 0.29) is 17.0 Å². The zero-order valence-electron chi connectivity index (χ0n) is 17.6. The van der Waals surface area contributed by atoms with Crippen molar-refractivity contribution in [3.8, 4) is 0 Å². The van der Waals surface area contributed by atoms with Gasteiger partial charge in [-0.15, -0.1) is 0 Å². The van der Waals surface area contributed by atoms with E-state index in [1.165, 1.54) is 6.07 Å². The van der Waals surface area contributed by atoms with Crippen LogP contribution in [0.3, 0.4) is 0 Å². The van der Waals surface area contributed by atoms with E-state index >= 15 is 0 Å². The quantitative estimate of drug-likeness (QED) is 0.498. The highest BCUT2D eigenvalue weighted by Gasteiger charge is 2.41. The highest BCUT2D eigenvalue weighted by atomic mass is 35.5. The summed E-state index contributed by atoms with van der Waals surface area (Å²) >= 11 is 6.13. The van der Waals surface area contributed by atoms with E-state index < -0.39 is 23.4 Å². The van der Waals surface area contributed by atoms with Crippen molar-refractivity contribution in [2.75, 3.05) is 10.2 Å². The van der Waals surface area contributed by atoms with Crippen molar-refractivity contribution in [3.05, 3.63) is 99.2 Å². The number of amides is 2. The van der Waals surface area contributed by atoms with Crippen molar-refractivity contribution in [1.29, 1.82) is 0 Å². The molecule has 4 rings (SSSR count). The molecule has 0 atom stereocenters. The van der Waals surface area contributed by atoms with Gasteiger partial charge in [0, 0.05) is 16.8 Å². The number of anilines is 2. The fraction of sp³-hybridized carbons (Fsp3) is 0.120. The van der Waals surface area contributed by atoms with E-state index in [1.54, 1.807) is 31.2 Å². The average Bonchev–Trinajstić information content (AvgIpc) is 2.96. The smallest absolute Gasteiger partial charge is 0.282 e. The lowest BCUT2D eigenvalue weighted by Crippen LogP contribution is -2.33. The summed E-state index contributed by atoms with van der Waals surface area (Å²) < 4.78 is 27.2. The van der Waals surface area contributed by atoms with Crippen molar-refractivity contribution >= 4 is 40.4 Å². The molecule has 2 amide bonds. The van der Waals surface area contributed by atoms with Crippen molar-refractivity contribution < 1.29 is 18.4 Å². The Morgan fingerprint density at radius 3 is 2.25 bits per heavy atom. The molecule has 0 spiro atoms. The van der Waals surface area contributed by atoms with Gasteiger partial charge < -0.3 is 5.32 Å². The maximum absolute atomic E-state index is 13.8. The van der Waals surface area contributed by atoms with Gasteiger partial charge in [0.15, 0.2) is 11.6 Å². The number of aryl methyl sites for hydroxylation is 3. The molecule has 0 radical (unpaired) electrons. The monoisotopic (exact) mass is 452 g/mol. The lowest BCUT2D eigenvalue weighted by atomic mass is 9.97. The Labute approximate surface area is 189 Å². The second kappa shape index (κ2) is 8.20. The number of nitrogens with zero attached hydrogens (tertiary/aromatic N) is 1. The lowest BCUT2D eigenvalue weighted by molar-refractivity contribution is -0.120. The Morgan fingerprint density at radius 2 is 1.56 bits per heavy atom. The Balaban J connectivity index is 1.89. The summed E-state index contributed by atoms with van der Waals surface area (Å²) in [4.78, 5) is 28.1. The van der Waals surface area contributed by atoms with Crippen LogP contribution in [-0.4, -0.2) is 11.8 Å². The van der Waals surface area contributed by atoms with Gasteiger partial charge in [0.2, 0.25) is 0 Å². The Bertz CT molecular complexity index is 1320. The van der Waals surface area contributed by atoms with Crippen LogP contribution in [0.1, 0.15) is 22.3 Å². The molecule has 1 aliphatic rings. The third-order valence-electron chi connectivity index (χ3n) is 5.34. The number of hydrogen-bond donors (Lipinski definition) is 1. The molecule has 0 fully saturated rings. The van der Waals surface area contributed by atoms with E-state index in [0.717, 1.165) is 28.2 Å². The summed E-state index contributed by atoms with van der Waals surface area (Å²) in [6.07, 6.45) is 0. The van der Waals surface area contributed by atoms with Crippen LogP contribution in [0, 0.1) is 32.4 Å². The number of imide groups is 1. The molecule has 4 nitrogen and oxygen atoms in total. The number of carbonyl (C=O) groups is 2. The molecular weight excluding hydrogens is 434 g/mol. The maximum atomic E-state index is 13.8. The fourth-order valence-electron chi connectivity index (χ4n) is 3.75. The predicted octanol–water partition coefficient (Wildman–Crippen LogP) is 5.94. The SMILES string of the molecule is Cc1ccc(C2=C(Nc3ccc(F)c(F)c3)C(=O)N(c3cc(Cl)ccc3C)C2=O)c(C)c1. The molecule has 0 bridgehead atoms. The van der Waals surface area contributed by atoms with Gasteiger partial charge in [0.25, 0.3) is 11.8 Å². The Hall–Kier alpha value is -3.51. The largest absolute Gasteiger partial charge is 0.350 e. The predicted molar refractivity (Wildman–Crippen MR) is 121 cm³/mol. The molecule has 162 valence electrons. The van der Waals surface area contributed by atoms with Crippen LogP contribution in [0.4, 0.5) is 20.2 Å². The summed E-state index contributed by atoms with van der Waals surface area (Å²) in [7, 11) is 0. The Morgan fingerprint density at radius 1 is 0.812 bits per heavy atom. The van der Waals surface area contributed by atoms with E-state index in [2.05, 4.69) is 5.32 Å². The second-order valence-corrected chi connectivity index (χ2v) is 8.14. The van der Waals surface area contributed by atoms with Crippen LogP contribution in [0.15, 0.2) is 60.3 Å². The minimum atomic E-state index is -1.07. The minimum absolute atomic E-state index is 0.0210. The van der Waals surface area contributed by atoms with E-state index in [9.17, 15) is 18.4 Å². The summed E-state index contributed by atoms with van der Waals surface area (Å²) in [5.41, 5.74) is 3.69. The third-order valence-corrected chi connectivity index (χ3v) is 5.57. The van der Waals surface area contributed by atoms with Gasteiger partial charge in [-0.1, -0.05) is 41.4 Å². The van der Waals surface area contributed by atoms with Gasteiger partial charge in [0.05, 0.1) is 11.3 Å².